The van der Waals surface area contributed by atoms with Gasteiger partial charge in [0.1, 0.15) is 23.0 Å². The van der Waals surface area contributed by atoms with Gasteiger partial charge >= 0.3 is 0 Å². The molecule has 0 fully saturated rings. The Morgan fingerprint density at radius 3 is 2.66 bits per heavy atom. The zero-order valence-electron chi connectivity index (χ0n) is 16.8. The van der Waals surface area contributed by atoms with Crippen LogP contribution in [0.3, 0.4) is 0 Å². The second-order valence-electron chi connectivity index (χ2n) is 7.52. The number of carbonyl (C=O) groups excluding carboxylic acids is 1. The van der Waals surface area contributed by atoms with Crippen molar-refractivity contribution in [2.75, 3.05) is 6.54 Å². The smallest absolute Gasteiger partial charge is 0.271 e. The maximum Gasteiger partial charge on any atom is 0.271 e. The fourth-order valence-corrected chi connectivity index (χ4v) is 3.73. The number of fused-ring (bicyclic) bond motifs is 1. The van der Waals surface area contributed by atoms with Crippen molar-refractivity contribution >= 4 is 5.91 Å². The Labute approximate surface area is 171 Å². The molecule has 5 nitrogen and oxygen atoms in total. The lowest BCUT2D eigenvalue weighted by molar-refractivity contribution is 0.0948. The first kappa shape index (κ1) is 19.2. The average Bonchev–Trinajstić information content (AvgIpc) is 3.19. The van der Waals surface area contributed by atoms with E-state index in [2.05, 4.69) is 33.9 Å². The van der Waals surface area contributed by atoms with Gasteiger partial charge in [0.2, 0.25) is 0 Å². The molecule has 1 amide bonds. The summed E-state index contributed by atoms with van der Waals surface area (Å²) in [6.45, 7) is 3.67. The van der Waals surface area contributed by atoms with Crippen molar-refractivity contribution in [2.45, 2.75) is 45.1 Å². The van der Waals surface area contributed by atoms with E-state index in [1.165, 1.54) is 5.56 Å². The molecule has 4 rings (SSSR count). The van der Waals surface area contributed by atoms with E-state index in [-0.39, 0.29) is 5.91 Å². The molecular weight excluding hydrogens is 362 g/mol. The zero-order valence-corrected chi connectivity index (χ0v) is 16.8. The number of unbranched alkanes of at least 4 members (excludes halogenated alkanes) is 1. The van der Waals surface area contributed by atoms with Crippen LogP contribution in [0.25, 0.3) is 0 Å². The minimum Gasteiger partial charge on any atom is -0.457 e. The lowest BCUT2D eigenvalue weighted by Gasteiger charge is -2.24. The standard InChI is InChI=1S/C24H27N3O2/c1-2-3-15-25-24(28)22-17-27-16-19(11-14-23(27)26-22)18-9-12-21(13-10-18)29-20-7-5-4-6-8-20/h4-10,12-13,17,19H,2-3,11,14-16H2,1H3,(H,25,28)/t19-/m0/s1. The van der Waals surface area contributed by atoms with E-state index in [0.717, 1.165) is 49.6 Å². The predicted octanol–water partition coefficient (Wildman–Crippen LogP) is 4.94. The number of imidazole rings is 1. The lowest BCUT2D eigenvalue weighted by atomic mass is 9.91. The summed E-state index contributed by atoms with van der Waals surface area (Å²) < 4.78 is 8.02. The second-order valence-corrected chi connectivity index (χ2v) is 7.52. The topological polar surface area (TPSA) is 56.2 Å². The van der Waals surface area contributed by atoms with Gasteiger partial charge in [0, 0.05) is 31.6 Å². The molecule has 1 aliphatic heterocycles. The van der Waals surface area contributed by atoms with Crippen LogP contribution in [-0.2, 0) is 13.0 Å². The normalized spacial score (nSPS) is 15.6. The van der Waals surface area contributed by atoms with Crippen molar-refractivity contribution in [3.63, 3.8) is 0 Å². The number of para-hydroxylation sites is 1. The molecule has 0 saturated carbocycles. The van der Waals surface area contributed by atoms with Crippen LogP contribution in [0.5, 0.6) is 11.5 Å². The lowest BCUT2D eigenvalue weighted by Crippen LogP contribution is -2.24. The van der Waals surface area contributed by atoms with Crippen molar-refractivity contribution in [1.82, 2.24) is 14.9 Å². The van der Waals surface area contributed by atoms with Gasteiger partial charge < -0.3 is 14.6 Å². The first-order chi connectivity index (χ1) is 14.2. The molecule has 0 unspecified atom stereocenters. The number of benzene rings is 2. The third-order valence-electron chi connectivity index (χ3n) is 5.37. The third kappa shape index (κ3) is 4.67. The Kier molecular flexibility index (Phi) is 5.94. The SMILES string of the molecule is CCCCNC(=O)c1cn2c(n1)CC[C@H](c1ccc(Oc3ccccc3)cc1)C2. The molecular formula is C24H27N3O2. The van der Waals surface area contributed by atoms with Gasteiger partial charge in [0.25, 0.3) is 5.91 Å². The van der Waals surface area contributed by atoms with E-state index < -0.39 is 0 Å². The Morgan fingerprint density at radius 1 is 1.14 bits per heavy atom. The molecule has 0 spiro atoms. The van der Waals surface area contributed by atoms with Crippen LogP contribution in [0, 0.1) is 0 Å². The molecule has 1 aliphatic rings. The summed E-state index contributed by atoms with van der Waals surface area (Å²) in [5.74, 6) is 3.03. The number of aromatic nitrogens is 2. The quantitative estimate of drug-likeness (QED) is 0.583. The van der Waals surface area contributed by atoms with E-state index >= 15 is 0 Å². The highest BCUT2D eigenvalue weighted by atomic mass is 16.5. The number of nitrogens with zero attached hydrogens (tertiary/aromatic N) is 2. The Hall–Kier alpha value is -3.08. The Balaban J connectivity index is 1.40. The molecule has 0 aliphatic carbocycles. The van der Waals surface area contributed by atoms with Gasteiger partial charge in [-0.25, -0.2) is 4.98 Å². The van der Waals surface area contributed by atoms with Crippen LogP contribution in [0.4, 0.5) is 0 Å². The minimum atomic E-state index is -0.0701. The van der Waals surface area contributed by atoms with Crippen molar-refractivity contribution < 1.29 is 9.53 Å². The fraction of sp³-hybridized carbons (Fsp3) is 0.333. The number of hydrogen-bond acceptors (Lipinski definition) is 3. The highest BCUT2D eigenvalue weighted by Gasteiger charge is 2.23. The molecule has 29 heavy (non-hydrogen) atoms. The van der Waals surface area contributed by atoms with Crippen LogP contribution < -0.4 is 10.1 Å². The number of aryl methyl sites for hydroxylation is 1. The monoisotopic (exact) mass is 389 g/mol. The highest BCUT2D eigenvalue weighted by Crippen LogP contribution is 2.31. The second kappa shape index (κ2) is 8.95. The van der Waals surface area contributed by atoms with E-state index in [1.807, 2.05) is 48.7 Å². The van der Waals surface area contributed by atoms with Crippen LogP contribution >= 0.6 is 0 Å². The molecule has 2 aromatic carbocycles. The molecule has 0 radical (unpaired) electrons. The van der Waals surface area contributed by atoms with Crippen LogP contribution in [0.1, 0.15) is 54.0 Å². The molecule has 5 heteroatoms. The van der Waals surface area contributed by atoms with Crippen molar-refractivity contribution in [1.29, 1.82) is 0 Å². The maximum absolute atomic E-state index is 12.3. The van der Waals surface area contributed by atoms with E-state index in [4.69, 9.17) is 4.74 Å². The summed E-state index contributed by atoms with van der Waals surface area (Å²) in [5, 5.41) is 2.95. The van der Waals surface area contributed by atoms with Crippen molar-refractivity contribution in [2.24, 2.45) is 0 Å². The van der Waals surface area contributed by atoms with Gasteiger partial charge in [0.15, 0.2) is 0 Å². The van der Waals surface area contributed by atoms with Crippen molar-refractivity contribution in [3.05, 3.63) is 77.9 Å². The first-order valence-corrected chi connectivity index (χ1v) is 10.4. The Bertz CT molecular complexity index is 948. The van der Waals surface area contributed by atoms with Crippen LogP contribution in [0.15, 0.2) is 60.8 Å². The number of hydrogen-bond donors (Lipinski definition) is 1. The fourth-order valence-electron chi connectivity index (χ4n) is 3.73. The molecule has 1 aromatic heterocycles. The molecule has 0 saturated heterocycles. The van der Waals surface area contributed by atoms with Gasteiger partial charge in [-0.1, -0.05) is 43.7 Å². The number of nitrogens with one attached hydrogen (secondary N) is 1. The average molecular weight is 389 g/mol. The maximum atomic E-state index is 12.3. The summed E-state index contributed by atoms with van der Waals surface area (Å²) in [6, 6.07) is 18.1. The van der Waals surface area contributed by atoms with Gasteiger partial charge in [0.05, 0.1) is 0 Å². The zero-order chi connectivity index (χ0) is 20.1. The van der Waals surface area contributed by atoms with Crippen LogP contribution in [0.2, 0.25) is 0 Å². The summed E-state index contributed by atoms with van der Waals surface area (Å²) in [4.78, 5) is 16.8. The summed E-state index contributed by atoms with van der Waals surface area (Å²) >= 11 is 0. The van der Waals surface area contributed by atoms with Gasteiger partial charge in [-0.2, -0.15) is 0 Å². The van der Waals surface area contributed by atoms with Gasteiger partial charge in [-0.3, -0.25) is 4.79 Å². The van der Waals surface area contributed by atoms with Gasteiger partial charge in [-0.05, 0) is 42.7 Å². The van der Waals surface area contributed by atoms with Crippen LogP contribution in [-0.4, -0.2) is 22.0 Å². The molecule has 1 N–H and O–H groups in total. The minimum absolute atomic E-state index is 0.0701. The van der Waals surface area contributed by atoms with E-state index in [9.17, 15) is 4.79 Å². The van der Waals surface area contributed by atoms with Crippen molar-refractivity contribution in [3.8, 4) is 11.5 Å². The number of amides is 1. The molecule has 150 valence electrons. The highest BCUT2D eigenvalue weighted by molar-refractivity contribution is 5.92. The first-order valence-electron chi connectivity index (χ1n) is 10.4. The Morgan fingerprint density at radius 2 is 1.90 bits per heavy atom. The number of ether oxygens (including phenoxy) is 1. The molecule has 1 atom stereocenters. The third-order valence-corrected chi connectivity index (χ3v) is 5.37. The number of carbonyl (C=O) groups is 1. The summed E-state index contributed by atoms with van der Waals surface area (Å²) in [5.41, 5.74) is 1.82. The molecule has 2 heterocycles. The number of rotatable bonds is 7. The predicted molar refractivity (Wildman–Crippen MR) is 113 cm³/mol. The van der Waals surface area contributed by atoms with E-state index in [0.29, 0.717) is 18.2 Å². The molecule has 0 bridgehead atoms. The largest absolute Gasteiger partial charge is 0.457 e. The summed E-state index contributed by atoms with van der Waals surface area (Å²) in [6.07, 6.45) is 5.87. The molecule has 3 aromatic rings. The summed E-state index contributed by atoms with van der Waals surface area (Å²) in [7, 11) is 0. The van der Waals surface area contributed by atoms with E-state index in [1.54, 1.807) is 0 Å². The van der Waals surface area contributed by atoms with Gasteiger partial charge in [-0.15, -0.1) is 0 Å².